The minimum Gasteiger partial charge on any atom is -0.497 e. The average molecular weight is 440 g/mol. The third-order valence-corrected chi connectivity index (χ3v) is 5.83. The number of aryl methyl sites for hydroxylation is 2. The van der Waals surface area contributed by atoms with Gasteiger partial charge in [-0.05, 0) is 50.5 Å². The van der Waals surface area contributed by atoms with Crippen molar-refractivity contribution >= 4 is 23.6 Å². The Hall–Kier alpha value is -3.42. The second kappa shape index (κ2) is 9.80. The molecule has 1 aromatic heterocycles. The minimum absolute atomic E-state index is 0.185. The molecule has 0 N–H and O–H groups in total. The summed E-state index contributed by atoms with van der Waals surface area (Å²) in [6.45, 7) is 6.13. The second-order valence-corrected chi connectivity index (χ2v) is 7.94. The lowest BCUT2D eigenvalue weighted by Gasteiger charge is -2.15. The number of imide groups is 2. The van der Waals surface area contributed by atoms with Crippen LogP contribution in [-0.2, 0) is 22.6 Å². The lowest BCUT2D eigenvalue weighted by molar-refractivity contribution is -0.143. The molecule has 0 saturated carbocycles. The fourth-order valence-corrected chi connectivity index (χ4v) is 3.89. The first-order valence-electron chi connectivity index (χ1n) is 10.8. The molecule has 2 aromatic rings. The number of ketones is 1. The molecular formula is C24H29N3O5. The van der Waals surface area contributed by atoms with E-state index in [4.69, 9.17) is 4.74 Å². The molecule has 1 saturated heterocycles. The lowest BCUT2D eigenvalue weighted by atomic mass is 10.1. The van der Waals surface area contributed by atoms with Crippen molar-refractivity contribution in [2.45, 2.75) is 46.6 Å². The predicted molar refractivity (Wildman–Crippen MR) is 119 cm³/mol. The van der Waals surface area contributed by atoms with Gasteiger partial charge in [0.15, 0.2) is 5.78 Å². The van der Waals surface area contributed by atoms with Crippen molar-refractivity contribution in [3.05, 3.63) is 52.8 Å². The van der Waals surface area contributed by atoms with Gasteiger partial charge in [-0.15, -0.1) is 0 Å². The van der Waals surface area contributed by atoms with E-state index in [1.165, 1.54) is 0 Å². The first kappa shape index (κ1) is 23.2. The quantitative estimate of drug-likeness (QED) is 0.322. The van der Waals surface area contributed by atoms with Crippen molar-refractivity contribution in [3.63, 3.8) is 0 Å². The van der Waals surface area contributed by atoms with Gasteiger partial charge >= 0.3 is 17.8 Å². The van der Waals surface area contributed by atoms with E-state index in [0.29, 0.717) is 18.5 Å². The molecule has 0 atom stereocenters. The van der Waals surface area contributed by atoms with E-state index >= 15 is 0 Å². The first-order valence-corrected chi connectivity index (χ1v) is 10.8. The molecule has 1 fully saturated rings. The standard InChI is InChI=1S/C24H29N3O5/c1-5-6-12-26-22(29)23(30)27(24(26)31)15-21(28)20-14-16(2)25(17(20)3)13-11-18-7-9-19(32-4)10-8-18/h7-10,14H,5-6,11-13,15H2,1-4H3. The summed E-state index contributed by atoms with van der Waals surface area (Å²) >= 11 is 0. The van der Waals surface area contributed by atoms with E-state index in [1.54, 1.807) is 13.2 Å². The van der Waals surface area contributed by atoms with E-state index in [2.05, 4.69) is 0 Å². The molecule has 8 heteroatoms. The van der Waals surface area contributed by atoms with Crippen LogP contribution in [0.5, 0.6) is 5.75 Å². The summed E-state index contributed by atoms with van der Waals surface area (Å²) in [7, 11) is 1.63. The van der Waals surface area contributed by atoms with Gasteiger partial charge in [0.25, 0.3) is 0 Å². The Labute approximate surface area is 187 Å². The molecule has 4 amide bonds. The largest absolute Gasteiger partial charge is 0.497 e. The third-order valence-electron chi connectivity index (χ3n) is 5.83. The summed E-state index contributed by atoms with van der Waals surface area (Å²) in [5.74, 6) is -1.36. The number of hydrogen-bond acceptors (Lipinski definition) is 5. The van der Waals surface area contributed by atoms with Gasteiger partial charge < -0.3 is 9.30 Å². The minimum atomic E-state index is -0.937. The van der Waals surface area contributed by atoms with Crippen LogP contribution >= 0.6 is 0 Å². The maximum atomic E-state index is 12.9. The maximum absolute atomic E-state index is 12.9. The Morgan fingerprint density at radius 1 is 0.969 bits per heavy atom. The molecule has 1 aromatic carbocycles. The molecule has 0 unspecified atom stereocenters. The fourth-order valence-electron chi connectivity index (χ4n) is 3.89. The third kappa shape index (κ3) is 4.59. The average Bonchev–Trinajstić information content (AvgIpc) is 3.18. The van der Waals surface area contributed by atoms with Gasteiger partial charge in [-0.2, -0.15) is 0 Å². The first-order chi connectivity index (χ1) is 15.3. The van der Waals surface area contributed by atoms with Crippen LogP contribution in [0.3, 0.4) is 0 Å². The van der Waals surface area contributed by atoms with E-state index in [9.17, 15) is 19.2 Å². The number of Topliss-reactive ketones (excluding diaryl/α,β-unsaturated/α-hetero) is 1. The van der Waals surface area contributed by atoms with Gasteiger partial charge in [-0.3, -0.25) is 19.3 Å². The zero-order valence-corrected chi connectivity index (χ0v) is 19.0. The van der Waals surface area contributed by atoms with Crippen LogP contribution in [-0.4, -0.2) is 58.2 Å². The van der Waals surface area contributed by atoms with Gasteiger partial charge in [0.05, 0.1) is 13.7 Å². The van der Waals surface area contributed by atoms with E-state index in [0.717, 1.165) is 45.3 Å². The highest BCUT2D eigenvalue weighted by Crippen LogP contribution is 2.20. The molecule has 1 aliphatic heterocycles. The van der Waals surface area contributed by atoms with Crippen LogP contribution in [0.2, 0.25) is 0 Å². The zero-order valence-electron chi connectivity index (χ0n) is 19.0. The van der Waals surface area contributed by atoms with Crippen LogP contribution in [0.25, 0.3) is 0 Å². The Balaban J connectivity index is 1.70. The van der Waals surface area contributed by atoms with Crippen LogP contribution in [0, 0.1) is 13.8 Å². The number of unbranched alkanes of at least 4 members (excludes halogenated alkanes) is 1. The molecule has 170 valence electrons. The van der Waals surface area contributed by atoms with Gasteiger partial charge in [0.2, 0.25) is 0 Å². The summed E-state index contributed by atoms with van der Waals surface area (Å²) < 4.78 is 7.23. The van der Waals surface area contributed by atoms with Crippen molar-refractivity contribution in [2.24, 2.45) is 0 Å². The van der Waals surface area contributed by atoms with E-state index < -0.39 is 24.4 Å². The summed E-state index contributed by atoms with van der Waals surface area (Å²) in [5.41, 5.74) is 3.29. The summed E-state index contributed by atoms with van der Waals surface area (Å²) in [5, 5.41) is 0. The van der Waals surface area contributed by atoms with Gasteiger partial charge in [0.1, 0.15) is 5.75 Å². The summed E-state index contributed by atoms with van der Waals surface area (Å²) in [6, 6.07) is 8.89. The highest BCUT2D eigenvalue weighted by atomic mass is 16.5. The van der Waals surface area contributed by atoms with Crippen molar-refractivity contribution in [1.82, 2.24) is 14.4 Å². The molecule has 1 aliphatic rings. The maximum Gasteiger partial charge on any atom is 0.334 e. The van der Waals surface area contributed by atoms with Gasteiger partial charge in [0, 0.05) is 30.0 Å². The monoisotopic (exact) mass is 439 g/mol. The Bertz CT molecular complexity index is 1040. The number of aromatic nitrogens is 1. The van der Waals surface area contributed by atoms with Crippen molar-refractivity contribution in [3.8, 4) is 5.75 Å². The summed E-state index contributed by atoms with van der Waals surface area (Å²) in [4.78, 5) is 51.5. The number of carbonyl (C=O) groups is 4. The van der Waals surface area contributed by atoms with E-state index in [-0.39, 0.29) is 12.3 Å². The zero-order chi connectivity index (χ0) is 23.4. The smallest absolute Gasteiger partial charge is 0.334 e. The highest BCUT2D eigenvalue weighted by Gasteiger charge is 2.44. The van der Waals surface area contributed by atoms with Crippen LogP contribution in [0.1, 0.15) is 47.1 Å². The molecule has 8 nitrogen and oxygen atoms in total. The Kier molecular flexibility index (Phi) is 7.12. The summed E-state index contributed by atoms with van der Waals surface area (Å²) in [6.07, 6.45) is 2.17. The van der Waals surface area contributed by atoms with Crippen LogP contribution in [0.15, 0.2) is 30.3 Å². The number of nitrogens with zero attached hydrogens (tertiary/aromatic N) is 3. The molecule has 32 heavy (non-hydrogen) atoms. The number of methoxy groups -OCH3 is 1. The Morgan fingerprint density at radius 3 is 2.25 bits per heavy atom. The number of rotatable bonds is 10. The molecular weight excluding hydrogens is 410 g/mol. The number of amides is 4. The molecule has 0 aliphatic carbocycles. The number of carbonyl (C=O) groups excluding carboxylic acids is 4. The van der Waals surface area contributed by atoms with Gasteiger partial charge in [-0.25, -0.2) is 9.69 Å². The highest BCUT2D eigenvalue weighted by molar-refractivity contribution is 6.45. The normalized spacial score (nSPS) is 13.9. The SMILES string of the molecule is CCCCN1C(=O)C(=O)N(CC(=O)c2cc(C)n(CCc3ccc(OC)cc3)c2C)C1=O. The lowest BCUT2D eigenvalue weighted by Crippen LogP contribution is -2.37. The van der Waals surface area contributed by atoms with E-state index in [1.807, 2.05) is 49.6 Å². The number of ether oxygens (including phenoxy) is 1. The number of benzene rings is 1. The molecule has 3 rings (SSSR count). The number of urea groups is 1. The Morgan fingerprint density at radius 2 is 1.62 bits per heavy atom. The molecule has 0 radical (unpaired) electrons. The second-order valence-electron chi connectivity index (χ2n) is 7.94. The van der Waals surface area contributed by atoms with Crippen LogP contribution in [0.4, 0.5) is 4.79 Å². The van der Waals surface area contributed by atoms with Crippen LogP contribution < -0.4 is 4.74 Å². The van der Waals surface area contributed by atoms with Crippen molar-refractivity contribution in [2.75, 3.05) is 20.2 Å². The van der Waals surface area contributed by atoms with Crippen molar-refractivity contribution in [1.29, 1.82) is 0 Å². The van der Waals surface area contributed by atoms with Crippen molar-refractivity contribution < 1.29 is 23.9 Å². The molecule has 0 spiro atoms. The topological polar surface area (TPSA) is 88.9 Å². The number of hydrogen-bond donors (Lipinski definition) is 0. The van der Waals surface area contributed by atoms with Gasteiger partial charge in [-0.1, -0.05) is 25.5 Å². The molecule has 0 bridgehead atoms. The molecule has 2 heterocycles. The predicted octanol–water partition coefficient (Wildman–Crippen LogP) is 3.13. The fraction of sp³-hybridized carbons (Fsp3) is 0.417.